The van der Waals surface area contributed by atoms with Gasteiger partial charge in [0.2, 0.25) is 0 Å². The lowest BCUT2D eigenvalue weighted by molar-refractivity contribution is 0.474. The summed E-state index contributed by atoms with van der Waals surface area (Å²) >= 11 is 0. The van der Waals surface area contributed by atoms with Crippen LogP contribution >= 0.6 is 0 Å². The molecular formula is C12H14N2O2. The van der Waals surface area contributed by atoms with E-state index in [9.17, 15) is 0 Å². The van der Waals surface area contributed by atoms with E-state index in [1.807, 2.05) is 12.1 Å². The number of oxazole rings is 1. The molecule has 1 aliphatic rings. The third-order valence-corrected chi connectivity index (χ3v) is 2.67. The van der Waals surface area contributed by atoms with Crippen LogP contribution in [0, 0.1) is 0 Å². The normalized spacial score (nSPS) is 15.5. The molecule has 0 aromatic carbocycles. The van der Waals surface area contributed by atoms with Crippen molar-refractivity contribution in [2.45, 2.75) is 25.3 Å². The molecule has 1 fully saturated rings. The molecule has 3 rings (SSSR count). The van der Waals surface area contributed by atoms with Crippen LogP contribution in [-0.2, 0) is 6.42 Å². The average molecular weight is 218 g/mol. The first-order chi connectivity index (χ1) is 7.92. The maximum absolute atomic E-state index is 5.59. The summed E-state index contributed by atoms with van der Waals surface area (Å²) in [5.41, 5.74) is 0. The highest BCUT2D eigenvalue weighted by molar-refractivity contribution is 5.47. The predicted molar refractivity (Wildman–Crippen MR) is 58.9 cm³/mol. The molecule has 0 radical (unpaired) electrons. The number of hydrogen-bond donors (Lipinski definition) is 1. The highest BCUT2D eigenvalue weighted by Crippen LogP contribution is 2.21. The second-order valence-electron chi connectivity index (χ2n) is 4.07. The monoisotopic (exact) mass is 218 g/mol. The van der Waals surface area contributed by atoms with Crippen LogP contribution in [0.3, 0.4) is 0 Å². The number of hydrogen-bond acceptors (Lipinski definition) is 4. The first kappa shape index (κ1) is 9.66. The molecule has 1 aliphatic carbocycles. The van der Waals surface area contributed by atoms with Crippen LogP contribution in [0.4, 0.5) is 0 Å². The fourth-order valence-electron chi connectivity index (χ4n) is 1.63. The van der Waals surface area contributed by atoms with Crippen molar-refractivity contribution in [3.05, 3.63) is 30.5 Å². The van der Waals surface area contributed by atoms with E-state index in [4.69, 9.17) is 8.83 Å². The van der Waals surface area contributed by atoms with Crippen molar-refractivity contribution in [3.8, 4) is 11.5 Å². The van der Waals surface area contributed by atoms with E-state index in [0.29, 0.717) is 5.76 Å². The highest BCUT2D eigenvalue weighted by atomic mass is 16.4. The van der Waals surface area contributed by atoms with Gasteiger partial charge in [-0.3, -0.25) is 0 Å². The summed E-state index contributed by atoms with van der Waals surface area (Å²) < 4.78 is 10.8. The minimum Gasteiger partial charge on any atom is -0.461 e. The smallest absolute Gasteiger partial charge is 0.196 e. The Bertz CT molecular complexity index is 443. The second-order valence-corrected chi connectivity index (χ2v) is 4.07. The van der Waals surface area contributed by atoms with Crippen LogP contribution in [0.25, 0.3) is 11.5 Å². The molecule has 4 nitrogen and oxygen atoms in total. The van der Waals surface area contributed by atoms with Gasteiger partial charge in [0, 0.05) is 19.0 Å². The van der Waals surface area contributed by atoms with Gasteiger partial charge in [0.1, 0.15) is 0 Å². The third-order valence-electron chi connectivity index (χ3n) is 2.67. The van der Waals surface area contributed by atoms with Crippen molar-refractivity contribution in [2.75, 3.05) is 6.54 Å². The molecule has 2 aromatic rings. The van der Waals surface area contributed by atoms with Gasteiger partial charge in [0.05, 0.1) is 12.5 Å². The van der Waals surface area contributed by atoms with E-state index in [1.54, 1.807) is 12.5 Å². The van der Waals surface area contributed by atoms with E-state index in [-0.39, 0.29) is 0 Å². The number of furan rings is 1. The van der Waals surface area contributed by atoms with Crippen LogP contribution in [0.1, 0.15) is 18.7 Å². The summed E-state index contributed by atoms with van der Waals surface area (Å²) in [6.45, 7) is 0.933. The largest absolute Gasteiger partial charge is 0.461 e. The van der Waals surface area contributed by atoms with E-state index in [2.05, 4.69) is 10.3 Å². The lowest BCUT2D eigenvalue weighted by Crippen LogP contribution is -2.19. The molecule has 16 heavy (non-hydrogen) atoms. The van der Waals surface area contributed by atoms with Crippen molar-refractivity contribution < 1.29 is 8.83 Å². The van der Waals surface area contributed by atoms with E-state index >= 15 is 0 Å². The molecule has 0 amide bonds. The molecular weight excluding hydrogens is 204 g/mol. The Morgan fingerprint density at radius 3 is 3.06 bits per heavy atom. The van der Waals surface area contributed by atoms with Crippen LogP contribution < -0.4 is 5.32 Å². The highest BCUT2D eigenvalue weighted by Gasteiger charge is 2.20. The summed E-state index contributed by atoms with van der Waals surface area (Å²) in [7, 11) is 0. The van der Waals surface area contributed by atoms with Crippen LogP contribution in [0.2, 0.25) is 0 Å². The van der Waals surface area contributed by atoms with Crippen molar-refractivity contribution in [1.29, 1.82) is 0 Å². The summed E-state index contributed by atoms with van der Waals surface area (Å²) in [5.74, 6) is 2.19. The topological polar surface area (TPSA) is 51.2 Å². The second kappa shape index (κ2) is 4.14. The minimum atomic E-state index is 0.700. The van der Waals surface area contributed by atoms with Gasteiger partial charge in [-0.2, -0.15) is 0 Å². The quantitative estimate of drug-likeness (QED) is 0.836. The van der Waals surface area contributed by atoms with Crippen LogP contribution in [-0.4, -0.2) is 17.6 Å². The van der Waals surface area contributed by atoms with Gasteiger partial charge in [-0.15, -0.1) is 0 Å². The van der Waals surface area contributed by atoms with Gasteiger partial charge in [0.15, 0.2) is 17.4 Å². The Balaban J connectivity index is 1.59. The van der Waals surface area contributed by atoms with E-state index in [1.165, 1.54) is 12.8 Å². The standard InChI is InChI=1S/C12H14N2O2/c1-2-10(15-7-1)11-8-14-12(16-11)5-6-13-9-3-4-9/h1-2,7-9,13H,3-6H2. The molecule has 1 saturated carbocycles. The fraction of sp³-hybridized carbons (Fsp3) is 0.417. The lowest BCUT2D eigenvalue weighted by atomic mass is 10.4. The molecule has 4 heteroatoms. The van der Waals surface area contributed by atoms with Crippen LogP contribution in [0.15, 0.2) is 33.4 Å². The zero-order valence-corrected chi connectivity index (χ0v) is 8.98. The van der Waals surface area contributed by atoms with Crippen LogP contribution in [0.5, 0.6) is 0 Å². The molecule has 0 atom stereocenters. The molecule has 0 unspecified atom stereocenters. The van der Waals surface area contributed by atoms with E-state index < -0.39 is 0 Å². The molecule has 1 N–H and O–H groups in total. The van der Waals surface area contributed by atoms with E-state index in [0.717, 1.165) is 30.7 Å². The Morgan fingerprint density at radius 2 is 2.31 bits per heavy atom. The summed E-state index contributed by atoms with van der Waals surface area (Å²) in [6.07, 6.45) is 6.79. The SMILES string of the molecule is c1coc(-c2cnc(CCNC3CC3)o2)c1. The van der Waals surface area contributed by atoms with Crippen molar-refractivity contribution >= 4 is 0 Å². The molecule has 0 aliphatic heterocycles. The Morgan fingerprint density at radius 1 is 1.38 bits per heavy atom. The molecule has 2 aromatic heterocycles. The predicted octanol–water partition coefficient (Wildman–Crippen LogP) is 2.23. The Hall–Kier alpha value is -1.55. The average Bonchev–Trinajstić information content (AvgIpc) is 2.83. The number of aromatic nitrogens is 1. The van der Waals surface area contributed by atoms with Gasteiger partial charge in [0.25, 0.3) is 0 Å². The Kier molecular flexibility index (Phi) is 2.50. The first-order valence-corrected chi connectivity index (χ1v) is 5.64. The summed E-state index contributed by atoms with van der Waals surface area (Å²) in [6, 6.07) is 4.44. The van der Waals surface area contributed by atoms with Gasteiger partial charge in [-0.25, -0.2) is 4.98 Å². The van der Waals surface area contributed by atoms with Gasteiger partial charge in [-0.05, 0) is 25.0 Å². The zero-order valence-electron chi connectivity index (χ0n) is 8.98. The maximum atomic E-state index is 5.59. The summed E-state index contributed by atoms with van der Waals surface area (Å²) in [4.78, 5) is 4.22. The number of nitrogens with one attached hydrogen (secondary N) is 1. The molecule has 0 saturated heterocycles. The lowest BCUT2D eigenvalue weighted by Gasteiger charge is -1.98. The van der Waals surface area contributed by atoms with Gasteiger partial charge >= 0.3 is 0 Å². The van der Waals surface area contributed by atoms with Crippen molar-refractivity contribution in [1.82, 2.24) is 10.3 Å². The minimum absolute atomic E-state index is 0.700. The molecule has 0 spiro atoms. The summed E-state index contributed by atoms with van der Waals surface area (Å²) in [5, 5.41) is 3.43. The number of nitrogens with zero attached hydrogens (tertiary/aromatic N) is 1. The molecule has 0 bridgehead atoms. The van der Waals surface area contributed by atoms with Gasteiger partial charge in [-0.1, -0.05) is 0 Å². The Labute approximate surface area is 93.7 Å². The number of rotatable bonds is 5. The zero-order chi connectivity index (χ0) is 10.8. The van der Waals surface area contributed by atoms with Gasteiger partial charge < -0.3 is 14.2 Å². The maximum Gasteiger partial charge on any atom is 0.196 e. The fourth-order valence-corrected chi connectivity index (χ4v) is 1.63. The van der Waals surface area contributed by atoms with Crippen molar-refractivity contribution in [2.24, 2.45) is 0 Å². The molecule has 84 valence electrons. The van der Waals surface area contributed by atoms with Crippen molar-refractivity contribution in [3.63, 3.8) is 0 Å². The third kappa shape index (κ3) is 2.17. The molecule has 2 heterocycles. The first-order valence-electron chi connectivity index (χ1n) is 5.64.